The van der Waals surface area contributed by atoms with E-state index in [0.717, 1.165) is 12.3 Å². The number of hydrogen-bond donors (Lipinski definition) is 1. The molecule has 1 rings (SSSR count). The van der Waals surface area contributed by atoms with Gasteiger partial charge in [0.05, 0.1) is 0 Å². The van der Waals surface area contributed by atoms with Crippen LogP contribution >= 0.6 is 0 Å². The number of ether oxygens (including phenoxy) is 1. The van der Waals surface area contributed by atoms with Crippen molar-refractivity contribution in [2.24, 2.45) is 5.92 Å². The second kappa shape index (κ2) is 5.35. The van der Waals surface area contributed by atoms with E-state index in [0.29, 0.717) is 6.61 Å². The zero-order valence-electron chi connectivity index (χ0n) is 9.38. The molecule has 1 aliphatic rings. The Morgan fingerprint density at radius 1 is 1.50 bits per heavy atom. The van der Waals surface area contributed by atoms with Crippen LogP contribution in [0.2, 0.25) is 0 Å². The Bertz CT molecular complexity index is 188. The normalized spacial score (nSPS) is 18.3. The zero-order valence-corrected chi connectivity index (χ0v) is 9.38. The van der Waals surface area contributed by atoms with Crippen LogP contribution in [0.15, 0.2) is 0 Å². The van der Waals surface area contributed by atoms with Crippen molar-refractivity contribution in [1.82, 2.24) is 5.32 Å². The Balaban J connectivity index is 2.34. The van der Waals surface area contributed by atoms with E-state index in [9.17, 15) is 4.79 Å². The van der Waals surface area contributed by atoms with Crippen LogP contribution in [0.5, 0.6) is 0 Å². The van der Waals surface area contributed by atoms with Crippen LogP contribution in [0, 0.1) is 5.92 Å². The molecule has 0 aromatic heterocycles. The lowest BCUT2D eigenvalue weighted by Crippen LogP contribution is -2.40. The molecule has 1 aliphatic carbocycles. The molecule has 82 valence electrons. The highest BCUT2D eigenvalue weighted by atomic mass is 16.5. The molecule has 1 unspecified atom stereocenters. The van der Waals surface area contributed by atoms with Crippen LogP contribution in [-0.2, 0) is 9.53 Å². The van der Waals surface area contributed by atoms with Gasteiger partial charge in [0.15, 0.2) is 0 Å². The largest absolute Gasteiger partial charge is 0.369 e. The molecule has 14 heavy (non-hydrogen) atoms. The second-order valence-corrected chi connectivity index (χ2v) is 4.29. The average molecular weight is 199 g/mol. The minimum absolute atomic E-state index is 0.0498. The summed E-state index contributed by atoms with van der Waals surface area (Å²) < 4.78 is 5.44. The molecule has 0 heterocycles. The highest BCUT2D eigenvalue weighted by Gasteiger charge is 2.29. The highest BCUT2D eigenvalue weighted by molar-refractivity contribution is 5.81. The monoisotopic (exact) mass is 199 g/mol. The average Bonchev–Trinajstić information content (AvgIpc) is 2.86. The summed E-state index contributed by atoms with van der Waals surface area (Å²) in [5, 5.41) is 2.90. The molecule has 0 aromatic rings. The maximum absolute atomic E-state index is 11.7. The van der Waals surface area contributed by atoms with Gasteiger partial charge in [-0.25, -0.2) is 0 Å². The molecule has 1 fully saturated rings. The van der Waals surface area contributed by atoms with Gasteiger partial charge in [-0.05, 0) is 33.1 Å². The minimum atomic E-state index is -0.227. The van der Waals surface area contributed by atoms with Crippen molar-refractivity contribution in [3.63, 3.8) is 0 Å². The van der Waals surface area contributed by atoms with Crippen LogP contribution < -0.4 is 5.32 Å². The van der Waals surface area contributed by atoms with E-state index < -0.39 is 0 Å². The molecule has 0 spiro atoms. The Morgan fingerprint density at radius 2 is 2.14 bits per heavy atom. The van der Waals surface area contributed by atoms with Gasteiger partial charge in [-0.2, -0.15) is 0 Å². The maximum Gasteiger partial charge on any atom is 0.249 e. The van der Waals surface area contributed by atoms with Gasteiger partial charge in [0, 0.05) is 12.6 Å². The summed E-state index contributed by atoms with van der Waals surface area (Å²) in [6, 6.07) is 0.199. The fraction of sp³-hybridized carbons (Fsp3) is 0.909. The molecule has 3 nitrogen and oxygen atoms in total. The predicted molar refractivity (Wildman–Crippen MR) is 56.0 cm³/mol. The highest BCUT2D eigenvalue weighted by Crippen LogP contribution is 2.34. The van der Waals surface area contributed by atoms with Gasteiger partial charge in [-0.15, -0.1) is 0 Å². The summed E-state index contributed by atoms with van der Waals surface area (Å²) >= 11 is 0. The molecule has 1 saturated carbocycles. The van der Waals surface area contributed by atoms with Crippen molar-refractivity contribution in [3.8, 4) is 0 Å². The van der Waals surface area contributed by atoms with Crippen LogP contribution in [0.25, 0.3) is 0 Å². The molecule has 3 heteroatoms. The third-order valence-electron chi connectivity index (χ3n) is 2.34. The summed E-state index contributed by atoms with van der Waals surface area (Å²) in [7, 11) is 0. The molecule has 1 N–H and O–H groups in total. The van der Waals surface area contributed by atoms with E-state index in [2.05, 4.69) is 5.32 Å². The third kappa shape index (κ3) is 4.09. The van der Waals surface area contributed by atoms with Gasteiger partial charge in [0.2, 0.25) is 5.91 Å². The Morgan fingerprint density at radius 3 is 2.57 bits per heavy atom. The van der Waals surface area contributed by atoms with E-state index in [1.54, 1.807) is 0 Å². The fourth-order valence-electron chi connectivity index (χ4n) is 1.49. The molecule has 0 saturated heterocycles. The van der Waals surface area contributed by atoms with Crippen molar-refractivity contribution < 1.29 is 9.53 Å². The fourth-order valence-corrected chi connectivity index (χ4v) is 1.49. The molecule has 0 aromatic carbocycles. The van der Waals surface area contributed by atoms with Gasteiger partial charge in [0.1, 0.15) is 6.10 Å². The summed E-state index contributed by atoms with van der Waals surface area (Å²) in [5.41, 5.74) is 0. The smallest absolute Gasteiger partial charge is 0.249 e. The quantitative estimate of drug-likeness (QED) is 0.707. The first-order valence-electron chi connectivity index (χ1n) is 5.55. The standard InChI is InChI=1S/C11H21NO2/c1-4-14-10(7-9-5-6-9)11(13)12-8(2)3/h8-10H,4-7H2,1-3H3,(H,12,13). The molecule has 0 radical (unpaired) electrons. The van der Waals surface area contributed by atoms with Crippen LogP contribution in [0.1, 0.15) is 40.0 Å². The third-order valence-corrected chi connectivity index (χ3v) is 2.34. The minimum Gasteiger partial charge on any atom is -0.369 e. The van der Waals surface area contributed by atoms with Gasteiger partial charge in [-0.3, -0.25) is 4.79 Å². The predicted octanol–water partition coefficient (Wildman–Crippen LogP) is 1.72. The van der Waals surface area contributed by atoms with E-state index in [-0.39, 0.29) is 18.1 Å². The van der Waals surface area contributed by atoms with E-state index in [1.165, 1.54) is 12.8 Å². The Labute approximate surface area is 86.2 Å². The molecular formula is C11H21NO2. The van der Waals surface area contributed by atoms with Crippen molar-refractivity contribution in [2.75, 3.05) is 6.61 Å². The first-order valence-corrected chi connectivity index (χ1v) is 5.55. The van der Waals surface area contributed by atoms with Crippen molar-refractivity contribution >= 4 is 5.91 Å². The SMILES string of the molecule is CCOC(CC1CC1)C(=O)NC(C)C. The number of nitrogens with one attached hydrogen (secondary N) is 1. The van der Waals surface area contributed by atoms with E-state index >= 15 is 0 Å². The number of amides is 1. The molecule has 1 amide bonds. The molecule has 0 aliphatic heterocycles. The molecule has 0 bridgehead atoms. The summed E-state index contributed by atoms with van der Waals surface area (Å²) in [4.78, 5) is 11.7. The molecule has 1 atom stereocenters. The second-order valence-electron chi connectivity index (χ2n) is 4.29. The van der Waals surface area contributed by atoms with Crippen molar-refractivity contribution in [2.45, 2.75) is 52.2 Å². The lowest BCUT2D eigenvalue weighted by atomic mass is 10.1. The zero-order chi connectivity index (χ0) is 10.6. The summed E-state index contributed by atoms with van der Waals surface area (Å²) in [5.74, 6) is 0.776. The Hall–Kier alpha value is -0.570. The topological polar surface area (TPSA) is 38.3 Å². The van der Waals surface area contributed by atoms with Crippen molar-refractivity contribution in [1.29, 1.82) is 0 Å². The van der Waals surface area contributed by atoms with E-state index in [1.807, 2.05) is 20.8 Å². The van der Waals surface area contributed by atoms with Crippen molar-refractivity contribution in [3.05, 3.63) is 0 Å². The lowest BCUT2D eigenvalue weighted by Gasteiger charge is -2.18. The van der Waals surface area contributed by atoms with Crippen LogP contribution in [0.4, 0.5) is 0 Å². The van der Waals surface area contributed by atoms with Gasteiger partial charge < -0.3 is 10.1 Å². The first-order chi connectivity index (χ1) is 6.63. The Kier molecular flexibility index (Phi) is 4.39. The van der Waals surface area contributed by atoms with Gasteiger partial charge in [0.25, 0.3) is 0 Å². The number of rotatable bonds is 6. The first kappa shape index (κ1) is 11.5. The molecular weight excluding hydrogens is 178 g/mol. The summed E-state index contributed by atoms with van der Waals surface area (Å²) in [6.07, 6.45) is 3.19. The van der Waals surface area contributed by atoms with Crippen LogP contribution in [-0.4, -0.2) is 24.7 Å². The van der Waals surface area contributed by atoms with E-state index in [4.69, 9.17) is 4.74 Å². The van der Waals surface area contributed by atoms with Gasteiger partial charge >= 0.3 is 0 Å². The number of hydrogen-bond acceptors (Lipinski definition) is 2. The summed E-state index contributed by atoms with van der Waals surface area (Å²) in [6.45, 7) is 6.49. The number of carbonyl (C=O) groups is 1. The maximum atomic E-state index is 11.7. The number of carbonyl (C=O) groups excluding carboxylic acids is 1. The van der Waals surface area contributed by atoms with Gasteiger partial charge in [-0.1, -0.05) is 12.8 Å². The lowest BCUT2D eigenvalue weighted by molar-refractivity contribution is -0.133. The van der Waals surface area contributed by atoms with Crippen LogP contribution in [0.3, 0.4) is 0 Å².